The molecular formula is C19H19N5O3. The Kier molecular flexibility index (Phi) is 5.31. The van der Waals surface area contributed by atoms with Gasteiger partial charge in [-0.3, -0.25) is 14.9 Å². The van der Waals surface area contributed by atoms with Gasteiger partial charge >= 0.3 is 5.69 Å². The lowest BCUT2D eigenvalue weighted by Crippen LogP contribution is -2.55. The van der Waals surface area contributed by atoms with Crippen LogP contribution >= 0.6 is 0 Å². The van der Waals surface area contributed by atoms with E-state index >= 15 is 0 Å². The first-order chi connectivity index (χ1) is 13.0. The maximum Gasteiger partial charge on any atom is 0.311 e. The molecule has 1 aromatic heterocycles. The highest BCUT2D eigenvalue weighted by atomic mass is 16.6. The number of aryl methyl sites for hydroxylation is 1. The van der Waals surface area contributed by atoms with Crippen molar-refractivity contribution < 1.29 is 9.72 Å². The standard InChI is InChI=1S/C19H19N5O3/c1-13-4-6-14(7-5-13)9-16(19(25)23-11-15(10-20)12-23)22-18-17(24(26)27)3-2-8-21-18/h2-8,15-16H,9,11-12H2,1H3,(H,21,22). The molecule has 1 aliphatic rings. The number of carbonyl (C=O) groups is 1. The van der Waals surface area contributed by atoms with E-state index in [0.717, 1.165) is 11.1 Å². The van der Waals surface area contributed by atoms with Crippen LogP contribution in [0, 0.1) is 34.3 Å². The number of nitrogens with one attached hydrogen (secondary N) is 1. The molecule has 0 aliphatic carbocycles. The molecular weight excluding hydrogens is 346 g/mol. The molecule has 8 heteroatoms. The fourth-order valence-corrected chi connectivity index (χ4v) is 2.94. The van der Waals surface area contributed by atoms with Crippen molar-refractivity contribution in [1.29, 1.82) is 5.26 Å². The van der Waals surface area contributed by atoms with Crippen LogP contribution in [0.25, 0.3) is 0 Å². The molecule has 1 atom stereocenters. The Hall–Kier alpha value is -3.47. The van der Waals surface area contributed by atoms with E-state index < -0.39 is 11.0 Å². The third-order valence-electron chi connectivity index (χ3n) is 4.53. The molecule has 1 fully saturated rings. The third-order valence-corrected chi connectivity index (χ3v) is 4.53. The molecule has 8 nitrogen and oxygen atoms in total. The van der Waals surface area contributed by atoms with Gasteiger partial charge in [-0.2, -0.15) is 5.26 Å². The molecule has 138 valence electrons. The van der Waals surface area contributed by atoms with Gasteiger partial charge in [-0.15, -0.1) is 0 Å². The van der Waals surface area contributed by atoms with E-state index in [9.17, 15) is 14.9 Å². The molecule has 2 heterocycles. The summed E-state index contributed by atoms with van der Waals surface area (Å²) in [7, 11) is 0. The highest BCUT2D eigenvalue weighted by Gasteiger charge is 2.35. The number of hydrogen-bond acceptors (Lipinski definition) is 6. The second kappa shape index (κ2) is 7.83. The zero-order valence-electron chi connectivity index (χ0n) is 14.8. The SMILES string of the molecule is Cc1ccc(CC(Nc2ncccc2[N+](=O)[O-])C(=O)N2CC(C#N)C2)cc1. The van der Waals surface area contributed by atoms with Crippen molar-refractivity contribution in [3.05, 3.63) is 63.8 Å². The second-order valence-electron chi connectivity index (χ2n) is 6.58. The van der Waals surface area contributed by atoms with Crippen molar-refractivity contribution in [2.75, 3.05) is 18.4 Å². The summed E-state index contributed by atoms with van der Waals surface area (Å²) in [6, 6.07) is 12.0. The minimum absolute atomic E-state index is 0.0605. The highest BCUT2D eigenvalue weighted by Crippen LogP contribution is 2.24. The van der Waals surface area contributed by atoms with Gasteiger partial charge in [0.15, 0.2) is 0 Å². The van der Waals surface area contributed by atoms with Crippen molar-refractivity contribution in [3.63, 3.8) is 0 Å². The number of pyridine rings is 1. The van der Waals surface area contributed by atoms with Crippen LogP contribution in [0.5, 0.6) is 0 Å². The van der Waals surface area contributed by atoms with Gasteiger partial charge in [0, 0.05) is 31.8 Å². The fourth-order valence-electron chi connectivity index (χ4n) is 2.94. The lowest BCUT2D eigenvalue weighted by atomic mass is 9.98. The van der Waals surface area contributed by atoms with Gasteiger partial charge in [0.2, 0.25) is 11.7 Å². The number of nitro groups is 1. The molecule has 1 aromatic carbocycles. The molecule has 1 N–H and O–H groups in total. The molecule has 2 aromatic rings. The molecule has 0 radical (unpaired) electrons. The van der Waals surface area contributed by atoms with Gasteiger partial charge in [0.05, 0.1) is 16.9 Å². The van der Waals surface area contributed by atoms with Crippen LogP contribution in [0.3, 0.4) is 0 Å². The molecule has 1 unspecified atom stereocenters. The van der Waals surface area contributed by atoms with Crippen LogP contribution in [0.15, 0.2) is 42.6 Å². The monoisotopic (exact) mass is 365 g/mol. The predicted octanol–water partition coefficient (Wildman–Crippen LogP) is 2.30. The van der Waals surface area contributed by atoms with Crippen LogP contribution in [0.4, 0.5) is 11.5 Å². The Bertz CT molecular complexity index is 885. The summed E-state index contributed by atoms with van der Waals surface area (Å²) < 4.78 is 0. The third kappa shape index (κ3) is 4.20. The quantitative estimate of drug-likeness (QED) is 0.621. The summed E-state index contributed by atoms with van der Waals surface area (Å²) in [6.45, 7) is 2.74. The molecule has 0 saturated carbocycles. The van der Waals surface area contributed by atoms with Gasteiger partial charge in [0.25, 0.3) is 0 Å². The van der Waals surface area contributed by atoms with E-state index in [1.165, 1.54) is 18.3 Å². The maximum absolute atomic E-state index is 12.9. The Morgan fingerprint density at radius 1 is 1.41 bits per heavy atom. The minimum atomic E-state index is -0.707. The van der Waals surface area contributed by atoms with E-state index in [1.54, 1.807) is 4.90 Å². The van der Waals surface area contributed by atoms with Crippen molar-refractivity contribution in [3.8, 4) is 6.07 Å². The number of likely N-dealkylation sites (tertiary alicyclic amines) is 1. The van der Waals surface area contributed by atoms with Gasteiger partial charge < -0.3 is 10.2 Å². The summed E-state index contributed by atoms with van der Waals surface area (Å²) in [6.07, 6.45) is 1.80. The smallest absolute Gasteiger partial charge is 0.311 e. The van der Waals surface area contributed by atoms with Gasteiger partial charge in [-0.1, -0.05) is 29.8 Å². The average Bonchev–Trinajstić information content (AvgIpc) is 2.62. The van der Waals surface area contributed by atoms with E-state index in [1.807, 2.05) is 31.2 Å². The molecule has 1 aliphatic heterocycles. The summed E-state index contributed by atoms with van der Waals surface area (Å²) in [5.74, 6) is -0.287. The molecule has 0 bridgehead atoms. The van der Waals surface area contributed by atoms with Gasteiger partial charge in [-0.05, 0) is 18.6 Å². The number of amides is 1. The lowest BCUT2D eigenvalue weighted by molar-refractivity contribution is -0.384. The Morgan fingerprint density at radius 3 is 2.74 bits per heavy atom. The number of carbonyl (C=O) groups excluding carboxylic acids is 1. The fraction of sp³-hybridized carbons (Fsp3) is 0.316. The molecule has 1 amide bonds. The Morgan fingerprint density at radius 2 is 2.11 bits per heavy atom. The van der Waals surface area contributed by atoms with Crippen LogP contribution in [0.1, 0.15) is 11.1 Å². The molecule has 3 rings (SSSR count). The normalized spacial score (nSPS) is 14.7. The summed E-state index contributed by atoms with van der Waals surface area (Å²) in [5, 5.41) is 23.1. The van der Waals surface area contributed by atoms with Crippen molar-refractivity contribution in [2.24, 2.45) is 5.92 Å². The minimum Gasteiger partial charge on any atom is -0.352 e. The number of hydrogen-bond donors (Lipinski definition) is 1. The van der Waals surface area contributed by atoms with Gasteiger partial charge in [0.1, 0.15) is 6.04 Å². The first-order valence-electron chi connectivity index (χ1n) is 8.58. The number of nitrogens with zero attached hydrogens (tertiary/aromatic N) is 4. The molecule has 0 spiro atoms. The number of anilines is 1. The van der Waals surface area contributed by atoms with Crippen LogP contribution in [-0.4, -0.2) is 39.8 Å². The topological polar surface area (TPSA) is 112 Å². The Balaban J connectivity index is 1.83. The molecule has 1 saturated heterocycles. The zero-order chi connectivity index (χ0) is 19.4. The molecule has 27 heavy (non-hydrogen) atoms. The number of rotatable bonds is 6. The van der Waals surface area contributed by atoms with Crippen LogP contribution in [0.2, 0.25) is 0 Å². The van der Waals surface area contributed by atoms with Gasteiger partial charge in [-0.25, -0.2) is 4.98 Å². The van der Waals surface area contributed by atoms with E-state index in [4.69, 9.17) is 5.26 Å². The first kappa shape index (κ1) is 18.3. The van der Waals surface area contributed by atoms with Crippen LogP contribution < -0.4 is 5.32 Å². The van der Waals surface area contributed by atoms with Crippen molar-refractivity contribution in [2.45, 2.75) is 19.4 Å². The predicted molar refractivity (Wildman–Crippen MR) is 98.9 cm³/mol. The summed E-state index contributed by atoms with van der Waals surface area (Å²) >= 11 is 0. The van der Waals surface area contributed by atoms with Crippen molar-refractivity contribution in [1.82, 2.24) is 9.88 Å². The number of aromatic nitrogens is 1. The lowest BCUT2D eigenvalue weighted by Gasteiger charge is -2.37. The Labute approximate surface area is 156 Å². The average molecular weight is 365 g/mol. The first-order valence-corrected chi connectivity index (χ1v) is 8.58. The largest absolute Gasteiger partial charge is 0.352 e. The van der Waals surface area contributed by atoms with Crippen LogP contribution in [-0.2, 0) is 11.2 Å². The van der Waals surface area contributed by atoms with E-state index in [2.05, 4.69) is 16.4 Å². The number of nitriles is 1. The summed E-state index contributed by atoms with van der Waals surface area (Å²) in [5.41, 5.74) is 1.86. The van der Waals surface area contributed by atoms with E-state index in [-0.39, 0.29) is 23.3 Å². The maximum atomic E-state index is 12.9. The second-order valence-corrected chi connectivity index (χ2v) is 6.58. The van der Waals surface area contributed by atoms with E-state index in [0.29, 0.717) is 19.5 Å². The number of benzene rings is 1. The van der Waals surface area contributed by atoms with Crippen molar-refractivity contribution >= 4 is 17.4 Å². The summed E-state index contributed by atoms with van der Waals surface area (Å²) in [4.78, 5) is 29.2. The highest BCUT2D eigenvalue weighted by molar-refractivity contribution is 5.86. The zero-order valence-corrected chi connectivity index (χ0v) is 14.8.